The lowest BCUT2D eigenvalue weighted by molar-refractivity contribution is 0.213. The van der Waals surface area contributed by atoms with Crippen LogP contribution in [-0.4, -0.2) is 25.5 Å². The molecule has 0 aromatic heterocycles. The molecule has 1 heteroatoms. The van der Waals surface area contributed by atoms with E-state index in [0.717, 1.165) is 17.8 Å². The Hall–Kier alpha value is -0.300. The molecule has 0 aliphatic rings. The average Bonchev–Trinajstić information content (AvgIpc) is 2.83. The van der Waals surface area contributed by atoms with Crippen molar-refractivity contribution in [1.82, 2.24) is 4.90 Å². The zero-order valence-electron chi connectivity index (χ0n) is 25.6. The minimum atomic E-state index is 0.882. The van der Waals surface area contributed by atoms with E-state index in [1.54, 1.807) is 0 Å². The Labute approximate surface area is 224 Å². The Bertz CT molecular complexity index is 426. The van der Waals surface area contributed by atoms with Crippen molar-refractivity contribution in [3.63, 3.8) is 0 Å². The summed E-state index contributed by atoms with van der Waals surface area (Å²) in [5, 5.41) is 0. The van der Waals surface area contributed by atoms with Crippen molar-refractivity contribution in [3.8, 4) is 0 Å². The van der Waals surface area contributed by atoms with Gasteiger partial charge in [0.25, 0.3) is 0 Å². The minimum absolute atomic E-state index is 0.882. The van der Waals surface area contributed by atoms with Gasteiger partial charge in [-0.05, 0) is 89.8 Å². The highest BCUT2D eigenvalue weighted by Crippen LogP contribution is 2.34. The van der Waals surface area contributed by atoms with Gasteiger partial charge in [-0.3, -0.25) is 0 Å². The molecule has 0 heterocycles. The van der Waals surface area contributed by atoms with E-state index in [9.17, 15) is 0 Å². The van der Waals surface area contributed by atoms with Crippen LogP contribution < -0.4 is 0 Å². The van der Waals surface area contributed by atoms with Crippen molar-refractivity contribution >= 4 is 0 Å². The lowest BCUT2D eigenvalue weighted by Gasteiger charge is -2.30. The molecule has 35 heavy (non-hydrogen) atoms. The lowest BCUT2D eigenvalue weighted by Crippen LogP contribution is -2.19. The van der Waals surface area contributed by atoms with Crippen LogP contribution in [0.1, 0.15) is 169 Å². The predicted molar refractivity (Wildman–Crippen MR) is 162 cm³/mol. The Morgan fingerprint density at radius 1 is 0.514 bits per heavy atom. The van der Waals surface area contributed by atoms with Crippen LogP contribution in [0, 0.1) is 17.8 Å². The van der Waals surface area contributed by atoms with Gasteiger partial charge in [0.1, 0.15) is 0 Å². The molecular formula is C34H69N. The zero-order chi connectivity index (χ0) is 26.0. The summed E-state index contributed by atoms with van der Waals surface area (Å²) >= 11 is 0. The van der Waals surface area contributed by atoms with Gasteiger partial charge >= 0.3 is 0 Å². The largest absolute Gasteiger partial charge is 0.309 e. The normalized spacial score (nSPS) is 14.7. The summed E-state index contributed by atoms with van der Waals surface area (Å²) in [6, 6.07) is 0. The molecule has 0 radical (unpaired) electrons. The third kappa shape index (κ3) is 23.8. The minimum Gasteiger partial charge on any atom is -0.309 e. The van der Waals surface area contributed by atoms with E-state index in [1.807, 2.05) is 0 Å². The van der Waals surface area contributed by atoms with Crippen LogP contribution in [0.5, 0.6) is 0 Å². The molecule has 0 saturated carbocycles. The number of hydrogen-bond acceptors (Lipinski definition) is 1. The Morgan fingerprint density at radius 2 is 1.03 bits per heavy atom. The number of hydrogen-bond donors (Lipinski definition) is 0. The third-order valence-corrected chi connectivity index (χ3v) is 8.12. The molecular weight excluding hydrogens is 422 g/mol. The van der Waals surface area contributed by atoms with Gasteiger partial charge < -0.3 is 4.90 Å². The maximum atomic E-state index is 2.55. The van der Waals surface area contributed by atoms with Crippen molar-refractivity contribution in [2.75, 3.05) is 20.6 Å². The molecule has 0 aromatic carbocycles. The van der Waals surface area contributed by atoms with Gasteiger partial charge in [0.2, 0.25) is 0 Å². The second-order valence-electron chi connectivity index (χ2n) is 12.1. The zero-order valence-corrected chi connectivity index (χ0v) is 25.6. The fourth-order valence-electron chi connectivity index (χ4n) is 5.80. The molecule has 0 N–H and O–H groups in total. The standard InChI is InChI=1S/C34H69N/c1-7-10-13-15-17-19-21-23-28-33(27-12-9-3)34(31-32(4)26-25-30-35(5)6)29-24-22-20-18-16-14-11-8-2/h18,20,32-34H,7-17,19,21-31H2,1-6H3/b20-18+. The van der Waals surface area contributed by atoms with E-state index < -0.39 is 0 Å². The molecule has 0 rings (SSSR count). The molecule has 0 saturated heterocycles. The highest BCUT2D eigenvalue weighted by Gasteiger charge is 2.22. The topological polar surface area (TPSA) is 3.24 Å². The van der Waals surface area contributed by atoms with Crippen LogP contribution in [0.15, 0.2) is 12.2 Å². The van der Waals surface area contributed by atoms with Crippen molar-refractivity contribution in [1.29, 1.82) is 0 Å². The quantitative estimate of drug-likeness (QED) is 0.0815. The van der Waals surface area contributed by atoms with Gasteiger partial charge in [-0.15, -0.1) is 0 Å². The first-order valence-electron chi connectivity index (χ1n) is 16.3. The third-order valence-electron chi connectivity index (χ3n) is 8.12. The van der Waals surface area contributed by atoms with Crippen molar-refractivity contribution < 1.29 is 0 Å². The number of allylic oxidation sites excluding steroid dienone is 2. The van der Waals surface area contributed by atoms with E-state index >= 15 is 0 Å². The summed E-state index contributed by atoms with van der Waals surface area (Å²) in [5.41, 5.74) is 0. The maximum absolute atomic E-state index is 2.55. The number of unbranched alkanes of at least 4 members (excludes halogenated alkanes) is 12. The van der Waals surface area contributed by atoms with Crippen LogP contribution in [0.4, 0.5) is 0 Å². The smallest absolute Gasteiger partial charge is 0.00247 e. The van der Waals surface area contributed by atoms with Gasteiger partial charge in [0.15, 0.2) is 0 Å². The van der Waals surface area contributed by atoms with Crippen molar-refractivity contribution in [2.24, 2.45) is 17.8 Å². The highest BCUT2D eigenvalue weighted by atomic mass is 15.0. The van der Waals surface area contributed by atoms with Crippen molar-refractivity contribution in [3.05, 3.63) is 12.2 Å². The van der Waals surface area contributed by atoms with Gasteiger partial charge in [-0.1, -0.05) is 130 Å². The van der Waals surface area contributed by atoms with Gasteiger partial charge in [-0.2, -0.15) is 0 Å². The molecule has 0 bridgehead atoms. The Balaban J connectivity index is 4.71. The Morgan fingerprint density at radius 3 is 1.66 bits per heavy atom. The molecule has 0 fully saturated rings. The summed E-state index contributed by atoms with van der Waals surface area (Å²) in [5.74, 6) is 2.81. The lowest BCUT2D eigenvalue weighted by atomic mass is 9.76. The number of nitrogens with zero attached hydrogens (tertiary/aromatic N) is 1. The molecule has 210 valence electrons. The molecule has 3 atom stereocenters. The first-order valence-corrected chi connectivity index (χ1v) is 16.3. The predicted octanol–water partition coefficient (Wildman–Crippen LogP) is 11.6. The van der Waals surface area contributed by atoms with Crippen LogP contribution in [0.2, 0.25) is 0 Å². The first-order chi connectivity index (χ1) is 17.0. The highest BCUT2D eigenvalue weighted by molar-refractivity contribution is 4.82. The van der Waals surface area contributed by atoms with E-state index in [0.29, 0.717) is 0 Å². The average molecular weight is 492 g/mol. The monoisotopic (exact) mass is 492 g/mol. The molecule has 3 unspecified atom stereocenters. The maximum Gasteiger partial charge on any atom is -0.00247 e. The van der Waals surface area contributed by atoms with Gasteiger partial charge in [-0.25, -0.2) is 0 Å². The summed E-state index contributed by atoms with van der Waals surface area (Å²) in [4.78, 5) is 2.35. The summed E-state index contributed by atoms with van der Waals surface area (Å²) in [6.07, 6.45) is 36.1. The SMILES string of the molecule is CCCCC/C=C/CCCC(CC(C)CCCN(C)C)C(CCCC)CCCCCCCCCC. The molecule has 0 aliphatic carbocycles. The summed E-state index contributed by atoms with van der Waals surface area (Å²) < 4.78 is 0. The van der Waals surface area contributed by atoms with E-state index in [4.69, 9.17) is 0 Å². The first kappa shape index (κ1) is 34.7. The molecule has 1 nitrogen and oxygen atoms in total. The Kier molecular flexibility index (Phi) is 26.5. The molecule has 0 spiro atoms. The van der Waals surface area contributed by atoms with Crippen molar-refractivity contribution in [2.45, 2.75) is 169 Å². The van der Waals surface area contributed by atoms with Crippen LogP contribution >= 0.6 is 0 Å². The summed E-state index contributed by atoms with van der Waals surface area (Å²) in [7, 11) is 4.43. The number of rotatable bonds is 27. The molecule has 0 aromatic rings. The van der Waals surface area contributed by atoms with Crippen LogP contribution in [-0.2, 0) is 0 Å². The van der Waals surface area contributed by atoms with E-state index in [1.165, 1.54) is 148 Å². The van der Waals surface area contributed by atoms with E-state index in [2.05, 4.69) is 58.8 Å². The molecule has 0 aliphatic heterocycles. The van der Waals surface area contributed by atoms with Crippen LogP contribution in [0.25, 0.3) is 0 Å². The fourth-order valence-corrected chi connectivity index (χ4v) is 5.80. The summed E-state index contributed by atoms with van der Waals surface area (Å²) in [6.45, 7) is 10.8. The van der Waals surface area contributed by atoms with E-state index in [-0.39, 0.29) is 0 Å². The van der Waals surface area contributed by atoms with Gasteiger partial charge in [0.05, 0.1) is 0 Å². The van der Waals surface area contributed by atoms with Crippen LogP contribution in [0.3, 0.4) is 0 Å². The second kappa shape index (κ2) is 26.8. The fraction of sp³-hybridized carbons (Fsp3) is 0.941. The second-order valence-corrected chi connectivity index (χ2v) is 12.1. The molecule has 0 amide bonds. The van der Waals surface area contributed by atoms with Gasteiger partial charge in [0, 0.05) is 0 Å².